The highest BCUT2D eigenvalue weighted by Gasteiger charge is 2.52. The minimum atomic E-state index is -3.89. The van der Waals surface area contributed by atoms with Crippen molar-refractivity contribution in [1.82, 2.24) is 4.31 Å². The second-order valence-electron chi connectivity index (χ2n) is 6.56. The van der Waals surface area contributed by atoms with Gasteiger partial charge in [-0.2, -0.15) is 4.31 Å². The van der Waals surface area contributed by atoms with Crippen molar-refractivity contribution in [3.63, 3.8) is 0 Å². The van der Waals surface area contributed by atoms with E-state index in [2.05, 4.69) is 0 Å². The van der Waals surface area contributed by atoms with Gasteiger partial charge in [-0.05, 0) is 49.8 Å². The molecule has 2 fully saturated rings. The average Bonchev–Trinajstić information content (AvgIpc) is 3.43. The van der Waals surface area contributed by atoms with Gasteiger partial charge in [0.15, 0.2) is 0 Å². The van der Waals surface area contributed by atoms with Crippen molar-refractivity contribution in [2.75, 3.05) is 13.7 Å². The van der Waals surface area contributed by atoms with Crippen LogP contribution in [0.25, 0.3) is 0 Å². The van der Waals surface area contributed by atoms with Crippen LogP contribution >= 0.6 is 0 Å². The van der Waals surface area contributed by atoms with Crippen molar-refractivity contribution >= 4 is 22.0 Å². The summed E-state index contributed by atoms with van der Waals surface area (Å²) in [5.74, 6) is -1.44. The molecular formula is C17H21NO6S. The van der Waals surface area contributed by atoms with E-state index >= 15 is 0 Å². The molecule has 8 heteroatoms. The van der Waals surface area contributed by atoms with Gasteiger partial charge in [0, 0.05) is 6.54 Å². The van der Waals surface area contributed by atoms with Crippen LogP contribution < -0.4 is 0 Å². The summed E-state index contributed by atoms with van der Waals surface area (Å²) in [7, 11) is -2.55. The standard InChI is InChI=1S/C17H21NO6S/c1-24-16(21)17(9-10-17)12-5-7-13(8-6-12)25(22,23)18-11-3-2-4-14(18)15(19)20/h5-8,14H,2-4,9-11H2,1H3,(H,19,20). The van der Waals surface area contributed by atoms with Gasteiger partial charge in [-0.15, -0.1) is 0 Å². The number of carbonyl (C=O) groups is 2. The molecule has 1 N–H and O–H groups in total. The fourth-order valence-electron chi connectivity index (χ4n) is 3.45. The van der Waals surface area contributed by atoms with Crippen LogP contribution in [-0.2, 0) is 29.8 Å². The van der Waals surface area contributed by atoms with Gasteiger partial charge in [-0.25, -0.2) is 8.42 Å². The van der Waals surface area contributed by atoms with E-state index in [9.17, 15) is 23.1 Å². The predicted octanol–water partition coefficient (Wildman–Crippen LogP) is 1.52. The average molecular weight is 367 g/mol. The molecular weight excluding hydrogens is 346 g/mol. The van der Waals surface area contributed by atoms with Crippen molar-refractivity contribution in [2.24, 2.45) is 0 Å². The summed E-state index contributed by atoms with van der Waals surface area (Å²) < 4.78 is 31.6. The van der Waals surface area contributed by atoms with Gasteiger partial charge in [0.25, 0.3) is 0 Å². The Morgan fingerprint density at radius 1 is 1.20 bits per heavy atom. The van der Waals surface area contributed by atoms with E-state index < -0.39 is 27.4 Å². The van der Waals surface area contributed by atoms with Crippen molar-refractivity contribution in [2.45, 2.75) is 48.5 Å². The Hall–Kier alpha value is -1.93. The van der Waals surface area contributed by atoms with E-state index in [4.69, 9.17) is 4.74 Å². The van der Waals surface area contributed by atoms with Crippen LogP contribution in [0, 0.1) is 0 Å². The van der Waals surface area contributed by atoms with Crippen molar-refractivity contribution in [3.05, 3.63) is 29.8 Å². The first-order chi connectivity index (χ1) is 11.8. The monoisotopic (exact) mass is 367 g/mol. The first-order valence-corrected chi connectivity index (χ1v) is 9.70. The Morgan fingerprint density at radius 3 is 2.36 bits per heavy atom. The number of rotatable bonds is 5. The number of carbonyl (C=O) groups excluding carboxylic acids is 1. The summed E-state index contributed by atoms with van der Waals surface area (Å²) in [6, 6.07) is 5.11. The van der Waals surface area contributed by atoms with Crippen molar-refractivity contribution < 1.29 is 27.9 Å². The molecule has 0 aromatic heterocycles. The maximum atomic E-state index is 12.8. The lowest BCUT2D eigenvalue weighted by Crippen LogP contribution is -2.47. The van der Waals surface area contributed by atoms with Crippen LogP contribution in [0.1, 0.15) is 37.7 Å². The largest absolute Gasteiger partial charge is 0.480 e. The molecule has 7 nitrogen and oxygen atoms in total. The van der Waals surface area contributed by atoms with E-state index in [-0.39, 0.29) is 17.4 Å². The van der Waals surface area contributed by atoms with Crippen LogP contribution in [0.3, 0.4) is 0 Å². The van der Waals surface area contributed by atoms with Crippen LogP contribution in [0.4, 0.5) is 0 Å². The molecule has 1 unspecified atom stereocenters. The van der Waals surface area contributed by atoms with Gasteiger partial charge in [0.2, 0.25) is 10.0 Å². The van der Waals surface area contributed by atoms with Gasteiger partial charge < -0.3 is 9.84 Å². The number of ether oxygens (including phenoxy) is 1. The lowest BCUT2D eigenvalue weighted by atomic mass is 9.96. The maximum Gasteiger partial charge on any atom is 0.322 e. The minimum Gasteiger partial charge on any atom is -0.480 e. The molecule has 3 rings (SSSR count). The van der Waals surface area contributed by atoms with Crippen LogP contribution in [0.15, 0.2) is 29.2 Å². The SMILES string of the molecule is COC(=O)C1(c2ccc(S(=O)(=O)N3CCCCC3C(=O)O)cc2)CC1. The third kappa shape index (κ3) is 3.04. The second kappa shape index (κ2) is 6.42. The molecule has 25 heavy (non-hydrogen) atoms. The Bertz CT molecular complexity index is 782. The fourth-order valence-corrected chi connectivity index (χ4v) is 5.10. The van der Waals surface area contributed by atoms with Gasteiger partial charge in [0.05, 0.1) is 17.4 Å². The van der Waals surface area contributed by atoms with Gasteiger partial charge >= 0.3 is 11.9 Å². The summed E-state index contributed by atoms with van der Waals surface area (Å²) >= 11 is 0. The summed E-state index contributed by atoms with van der Waals surface area (Å²) in [5.41, 5.74) is 0.0675. The second-order valence-corrected chi connectivity index (χ2v) is 8.45. The number of methoxy groups -OCH3 is 1. The zero-order valence-electron chi connectivity index (χ0n) is 14.0. The maximum absolute atomic E-state index is 12.8. The van der Waals surface area contributed by atoms with E-state index in [1.54, 1.807) is 12.1 Å². The Kier molecular flexibility index (Phi) is 4.59. The molecule has 1 aliphatic heterocycles. The summed E-state index contributed by atoms with van der Waals surface area (Å²) in [4.78, 5) is 23.4. The molecule has 1 saturated heterocycles. The van der Waals surface area contributed by atoms with Crippen LogP contribution in [0.5, 0.6) is 0 Å². The van der Waals surface area contributed by atoms with E-state index in [0.717, 1.165) is 9.87 Å². The highest BCUT2D eigenvalue weighted by atomic mass is 32.2. The Morgan fingerprint density at radius 2 is 1.84 bits per heavy atom. The number of hydrogen-bond acceptors (Lipinski definition) is 5. The van der Waals surface area contributed by atoms with Crippen LogP contribution in [-0.4, -0.2) is 49.5 Å². The van der Waals surface area contributed by atoms with Crippen molar-refractivity contribution in [3.8, 4) is 0 Å². The smallest absolute Gasteiger partial charge is 0.322 e. The van der Waals surface area contributed by atoms with E-state index in [1.165, 1.54) is 19.2 Å². The number of aliphatic carboxylic acids is 1. The number of esters is 1. The number of sulfonamides is 1. The van der Waals surface area contributed by atoms with E-state index in [0.29, 0.717) is 32.1 Å². The lowest BCUT2D eigenvalue weighted by molar-refractivity contribution is -0.144. The highest BCUT2D eigenvalue weighted by Crippen LogP contribution is 2.49. The number of piperidine rings is 1. The Balaban J connectivity index is 1.88. The van der Waals surface area contributed by atoms with Crippen molar-refractivity contribution in [1.29, 1.82) is 0 Å². The first-order valence-electron chi connectivity index (χ1n) is 8.26. The number of hydrogen-bond donors (Lipinski definition) is 1. The molecule has 2 aliphatic rings. The summed E-state index contributed by atoms with van der Waals surface area (Å²) in [6.45, 7) is 0.202. The Labute approximate surface area is 146 Å². The number of carboxylic acids is 1. The predicted molar refractivity (Wildman–Crippen MR) is 88.5 cm³/mol. The van der Waals surface area contributed by atoms with Gasteiger partial charge in [-0.3, -0.25) is 9.59 Å². The normalized spacial score (nSPS) is 23.0. The quantitative estimate of drug-likeness (QED) is 0.792. The minimum absolute atomic E-state index is 0.0464. The number of benzene rings is 1. The number of nitrogens with zero attached hydrogens (tertiary/aromatic N) is 1. The van der Waals surface area contributed by atoms with Crippen LogP contribution in [0.2, 0.25) is 0 Å². The molecule has 1 heterocycles. The molecule has 0 bridgehead atoms. The number of carboxylic acid groups (broad SMARTS) is 1. The van der Waals surface area contributed by atoms with Gasteiger partial charge in [-0.1, -0.05) is 12.1 Å². The lowest BCUT2D eigenvalue weighted by Gasteiger charge is -2.31. The molecule has 136 valence electrons. The zero-order chi connectivity index (χ0) is 18.2. The van der Waals surface area contributed by atoms with Gasteiger partial charge in [0.1, 0.15) is 6.04 Å². The topological polar surface area (TPSA) is 101 Å². The first kappa shape index (κ1) is 17.9. The molecule has 0 radical (unpaired) electrons. The highest BCUT2D eigenvalue weighted by molar-refractivity contribution is 7.89. The summed E-state index contributed by atoms with van der Waals surface area (Å²) in [6.07, 6.45) is 3.02. The fraction of sp³-hybridized carbons (Fsp3) is 0.529. The molecule has 0 spiro atoms. The third-order valence-corrected chi connectivity index (χ3v) is 7.00. The van der Waals surface area contributed by atoms with E-state index in [1.807, 2.05) is 0 Å². The molecule has 0 amide bonds. The molecule has 1 aromatic carbocycles. The molecule has 1 atom stereocenters. The molecule has 1 aromatic rings. The zero-order valence-corrected chi connectivity index (χ0v) is 14.8. The molecule has 1 saturated carbocycles. The third-order valence-electron chi connectivity index (χ3n) is 5.08. The summed E-state index contributed by atoms with van der Waals surface area (Å²) in [5, 5.41) is 9.31. The molecule has 1 aliphatic carbocycles.